The molecule has 1 amide bonds. The molecule has 2 aliphatic rings. The third-order valence-electron chi connectivity index (χ3n) is 5.12. The van der Waals surface area contributed by atoms with E-state index in [0.29, 0.717) is 0 Å². The van der Waals surface area contributed by atoms with Gasteiger partial charge in [-0.2, -0.15) is 0 Å². The van der Waals surface area contributed by atoms with Crippen molar-refractivity contribution >= 4 is 28.8 Å². The van der Waals surface area contributed by atoms with E-state index in [-0.39, 0.29) is 18.6 Å². The van der Waals surface area contributed by atoms with E-state index in [4.69, 9.17) is 16.3 Å². The van der Waals surface area contributed by atoms with Gasteiger partial charge in [0.2, 0.25) is 0 Å². The van der Waals surface area contributed by atoms with Crippen LogP contribution in [0.25, 0.3) is 5.57 Å². The highest BCUT2D eigenvalue weighted by Crippen LogP contribution is 2.34. The second-order valence-corrected chi connectivity index (χ2v) is 7.19. The van der Waals surface area contributed by atoms with Crippen molar-refractivity contribution < 1.29 is 9.53 Å². The highest BCUT2D eigenvalue weighted by Gasteiger charge is 2.22. The number of fused-ring (bicyclic) bond motifs is 1. The molecule has 26 heavy (non-hydrogen) atoms. The molecule has 0 bridgehead atoms. The number of nitrogens with one attached hydrogen (secondary N) is 1. The molecule has 1 N–H and O–H groups in total. The Kier molecular flexibility index (Phi) is 4.70. The Bertz CT molecular complexity index is 861. The molecule has 4 nitrogen and oxygen atoms in total. The molecule has 134 valence electrons. The molecule has 0 radical (unpaired) electrons. The Morgan fingerprint density at radius 3 is 2.73 bits per heavy atom. The van der Waals surface area contributed by atoms with Crippen molar-refractivity contribution in [3.8, 4) is 5.75 Å². The van der Waals surface area contributed by atoms with Crippen LogP contribution in [0.5, 0.6) is 5.75 Å². The average Bonchev–Trinajstić information content (AvgIpc) is 2.67. The maximum atomic E-state index is 11.5. The molecular formula is C21H21ClN2O2. The van der Waals surface area contributed by atoms with Gasteiger partial charge in [0, 0.05) is 24.2 Å². The van der Waals surface area contributed by atoms with Crippen LogP contribution in [0, 0.1) is 0 Å². The summed E-state index contributed by atoms with van der Waals surface area (Å²) in [5.74, 6) is 0.639. The van der Waals surface area contributed by atoms with Crippen LogP contribution >= 0.6 is 11.6 Å². The first-order chi connectivity index (χ1) is 12.6. The molecule has 0 saturated carbocycles. The lowest BCUT2D eigenvalue weighted by atomic mass is 9.97. The topological polar surface area (TPSA) is 41.6 Å². The van der Waals surface area contributed by atoms with Gasteiger partial charge in [-0.05, 0) is 54.3 Å². The van der Waals surface area contributed by atoms with Crippen molar-refractivity contribution in [2.24, 2.45) is 0 Å². The van der Waals surface area contributed by atoms with Gasteiger partial charge in [0.15, 0.2) is 6.61 Å². The summed E-state index contributed by atoms with van der Waals surface area (Å²) in [6.45, 7) is 4.19. The molecule has 0 aromatic heterocycles. The van der Waals surface area contributed by atoms with Crippen LogP contribution in [0.4, 0.5) is 5.69 Å². The SMILES string of the molecule is CC(c1ccc2c(c1)NC(=O)CO2)N1CC=C(c2ccc(Cl)cc2)CC1. The third kappa shape index (κ3) is 3.48. The molecule has 2 heterocycles. The fourth-order valence-corrected chi connectivity index (χ4v) is 3.66. The minimum Gasteiger partial charge on any atom is -0.482 e. The van der Waals surface area contributed by atoms with E-state index in [1.54, 1.807) is 0 Å². The predicted octanol–water partition coefficient (Wildman–Crippen LogP) is 4.52. The number of rotatable bonds is 3. The molecular weight excluding hydrogens is 348 g/mol. The highest BCUT2D eigenvalue weighted by molar-refractivity contribution is 6.30. The summed E-state index contributed by atoms with van der Waals surface area (Å²) in [5.41, 5.74) is 4.56. The maximum Gasteiger partial charge on any atom is 0.262 e. The number of anilines is 1. The summed E-state index contributed by atoms with van der Waals surface area (Å²) in [4.78, 5) is 14.0. The fraction of sp³-hybridized carbons (Fsp3) is 0.286. The summed E-state index contributed by atoms with van der Waals surface area (Å²) < 4.78 is 5.44. The first-order valence-electron chi connectivity index (χ1n) is 8.86. The molecule has 1 unspecified atom stereocenters. The van der Waals surface area contributed by atoms with Crippen molar-refractivity contribution in [1.82, 2.24) is 4.90 Å². The first-order valence-corrected chi connectivity index (χ1v) is 9.23. The number of nitrogens with zero attached hydrogens (tertiary/aromatic N) is 1. The molecule has 0 aliphatic carbocycles. The van der Waals surface area contributed by atoms with Crippen molar-refractivity contribution in [2.75, 3.05) is 25.0 Å². The van der Waals surface area contributed by atoms with Crippen LogP contribution in [-0.4, -0.2) is 30.5 Å². The second kappa shape index (κ2) is 7.14. The van der Waals surface area contributed by atoms with Gasteiger partial charge >= 0.3 is 0 Å². The van der Waals surface area contributed by atoms with Gasteiger partial charge in [0.1, 0.15) is 5.75 Å². The van der Waals surface area contributed by atoms with Crippen LogP contribution in [0.2, 0.25) is 5.02 Å². The number of amides is 1. The third-order valence-corrected chi connectivity index (χ3v) is 5.37. The number of carbonyl (C=O) groups is 1. The lowest BCUT2D eigenvalue weighted by Crippen LogP contribution is -2.31. The lowest BCUT2D eigenvalue weighted by Gasteiger charge is -2.32. The summed E-state index contributed by atoms with van der Waals surface area (Å²) in [6.07, 6.45) is 3.31. The van der Waals surface area contributed by atoms with E-state index in [1.165, 1.54) is 16.7 Å². The Hall–Kier alpha value is -2.30. The van der Waals surface area contributed by atoms with E-state index < -0.39 is 0 Å². The molecule has 2 aromatic carbocycles. The fourth-order valence-electron chi connectivity index (χ4n) is 3.53. The summed E-state index contributed by atoms with van der Waals surface area (Å²) in [7, 11) is 0. The summed E-state index contributed by atoms with van der Waals surface area (Å²) in [5, 5.41) is 3.65. The van der Waals surface area contributed by atoms with Crippen molar-refractivity contribution in [1.29, 1.82) is 0 Å². The zero-order valence-corrected chi connectivity index (χ0v) is 15.4. The second-order valence-electron chi connectivity index (χ2n) is 6.75. The lowest BCUT2D eigenvalue weighted by molar-refractivity contribution is -0.118. The van der Waals surface area contributed by atoms with Crippen LogP contribution in [-0.2, 0) is 4.79 Å². The van der Waals surface area contributed by atoms with E-state index in [1.807, 2.05) is 24.3 Å². The van der Waals surface area contributed by atoms with Crippen molar-refractivity contribution in [3.05, 3.63) is 64.7 Å². The molecule has 2 aliphatic heterocycles. The number of benzene rings is 2. The number of ether oxygens (including phenoxy) is 1. The van der Waals surface area contributed by atoms with Gasteiger partial charge in [0.05, 0.1) is 5.69 Å². The van der Waals surface area contributed by atoms with Crippen molar-refractivity contribution in [2.45, 2.75) is 19.4 Å². The maximum absolute atomic E-state index is 11.5. The van der Waals surface area contributed by atoms with Crippen molar-refractivity contribution in [3.63, 3.8) is 0 Å². The van der Waals surface area contributed by atoms with Crippen LogP contribution < -0.4 is 10.1 Å². The number of carbonyl (C=O) groups excluding carboxylic acids is 1. The Labute approximate surface area is 158 Å². The number of halogens is 1. The van der Waals surface area contributed by atoms with Gasteiger partial charge < -0.3 is 10.1 Å². The number of hydrogen-bond donors (Lipinski definition) is 1. The van der Waals surface area contributed by atoms with E-state index in [9.17, 15) is 4.79 Å². The summed E-state index contributed by atoms with van der Waals surface area (Å²) in [6, 6.07) is 14.4. The molecule has 5 heteroatoms. The molecule has 0 spiro atoms. The normalized spacial score (nSPS) is 18.4. The molecule has 4 rings (SSSR count). The van der Waals surface area contributed by atoms with Gasteiger partial charge in [-0.3, -0.25) is 9.69 Å². The number of hydrogen-bond acceptors (Lipinski definition) is 3. The first kappa shape index (κ1) is 17.1. The standard InChI is InChI=1S/C21H21ClN2O2/c1-14(17-4-7-20-19(12-17)23-21(25)13-26-20)24-10-8-16(9-11-24)15-2-5-18(22)6-3-15/h2-8,12,14H,9-11,13H2,1H3,(H,23,25). The van der Waals surface area contributed by atoms with E-state index >= 15 is 0 Å². The zero-order valence-electron chi connectivity index (χ0n) is 14.7. The van der Waals surface area contributed by atoms with Crippen LogP contribution in [0.1, 0.15) is 30.5 Å². The molecule has 1 atom stereocenters. The predicted molar refractivity (Wildman–Crippen MR) is 105 cm³/mol. The summed E-state index contributed by atoms with van der Waals surface area (Å²) >= 11 is 5.98. The Balaban J connectivity index is 1.48. The quantitative estimate of drug-likeness (QED) is 0.865. The van der Waals surface area contributed by atoms with Gasteiger partial charge in [0.25, 0.3) is 5.91 Å². The highest BCUT2D eigenvalue weighted by atomic mass is 35.5. The van der Waals surface area contributed by atoms with E-state index in [0.717, 1.165) is 36.0 Å². The Morgan fingerprint density at radius 2 is 2.00 bits per heavy atom. The minimum absolute atomic E-state index is 0.0896. The molecule has 0 saturated heterocycles. The van der Waals surface area contributed by atoms with Gasteiger partial charge in [-0.25, -0.2) is 0 Å². The van der Waals surface area contributed by atoms with Gasteiger partial charge in [-0.15, -0.1) is 0 Å². The zero-order chi connectivity index (χ0) is 18.1. The van der Waals surface area contributed by atoms with Gasteiger partial charge in [-0.1, -0.05) is 35.9 Å². The monoisotopic (exact) mass is 368 g/mol. The Morgan fingerprint density at radius 1 is 1.19 bits per heavy atom. The average molecular weight is 369 g/mol. The van der Waals surface area contributed by atoms with Crippen LogP contribution in [0.15, 0.2) is 48.5 Å². The van der Waals surface area contributed by atoms with E-state index in [2.05, 4.69) is 41.4 Å². The molecule has 0 fully saturated rings. The molecule has 2 aromatic rings. The minimum atomic E-state index is -0.101. The smallest absolute Gasteiger partial charge is 0.262 e. The van der Waals surface area contributed by atoms with Crippen LogP contribution in [0.3, 0.4) is 0 Å². The largest absolute Gasteiger partial charge is 0.482 e.